The largest absolute Gasteiger partial charge is 0.357 e. The smallest absolute Gasteiger partial charge is 0.269 e. The van der Waals surface area contributed by atoms with E-state index in [9.17, 15) is 14.9 Å². The molecule has 0 fully saturated rings. The Labute approximate surface area is 219 Å². The number of aromatic nitrogens is 1. The maximum Gasteiger partial charge on any atom is 0.269 e. The molecule has 7 nitrogen and oxygen atoms in total. The predicted octanol–water partition coefficient (Wildman–Crippen LogP) is 6.49. The van der Waals surface area contributed by atoms with Crippen LogP contribution in [0.4, 0.5) is 11.4 Å². The number of amides is 1. The zero-order chi connectivity index (χ0) is 26.3. The normalized spacial score (nSPS) is 16.5. The number of aromatic amines is 1. The van der Waals surface area contributed by atoms with E-state index in [0.29, 0.717) is 16.8 Å². The number of ether oxygens (including phenoxy) is 1. The number of hydrogen-bond acceptors (Lipinski definition) is 4. The Balaban J connectivity index is 1.72. The number of H-pyrrole nitrogens is 1. The minimum atomic E-state index is -1.59. The van der Waals surface area contributed by atoms with E-state index in [1.165, 1.54) is 12.1 Å². The molecule has 6 rings (SSSR count). The van der Waals surface area contributed by atoms with Crippen molar-refractivity contribution in [2.45, 2.75) is 18.4 Å². The van der Waals surface area contributed by atoms with Crippen molar-refractivity contribution in [3.8, 4) is 0 Å². The van der Waals surface area contributed by atoms with E-state index in [-0.39, 0.29) is 24.1 Å². The minimum Gasteiger partial charge on any atom is -0.357 e. The van der Waals surface area contributed by atoms with Crippen LogP contribution in [0.1, 0.15) is 40.8 Å². The molecule has 0 bridgehead atoms. The van der Waals surface area contributed by atoms with Gasteiger partial charge in [-0.15, -0.1) is 0 Å². The van der Waals surface area contributed by atoms with Gasteiger partial charge in [0.05, 0.1) is 4.92 Å². The summed E-state index contributed by atoms with van der Waals surface area (Å²) in [6, 6.07) is 32.4. The number of anilines is 1. The van der Waals surface area contributed by atoms with Gasteiger partial charge in [0.25, 0.3) is 11.6 Å². The molecule has 1 aromatic heterocycles. The number of para-hydroxylation sites is 1. The summed E-state index contributed by atoms with van der Waals surface area (Å²) >= 11 is 0. The Morgan fingerprint density at radius 3 is 2.16 bits per heavy atom. The van der Waals surface area contributed by atoms with Crippen LogP contribution in [0, 0.1) is 10.1 Å². The van der Waals surface area contributed by atoms with Crippen LogP contribution in [0.25, 0.3) is 10.9 Å². The van der Waals surface area contributed by atoms with Crippen LogP contribution in [-0.4, -0.2) is 22.4 Å². The molecule has 1 aliphatic heterocycles. The highest BCUT2D eigenvalue weighted by Gasteiger charge is 2.53. The van der Waals surface area contributed by atoms with Crippen LogP contribution in [0.5, 0.6) is 0 Å². The van der Waals surface area contributed by atoms with E-state index in [1.807, 2.05) is 67.6 Å². The van der Waals surface area contributed by atoms with Gasteiger partial charge in [-0.2, -0.15) is 0 Å². The number of nitro benzene ring substituents is 1. The Bertz CT molecular complexity index is 1620. The van der Waals surface area contributed by atoms with Crippen molar-refractivity contribution in [2.24, 2.45) is 0 Å². The molecule has 0 aliphatic carbocycles. The van der Waals surface area contributed by atoms with Crippen molar-refractivity contribution in [2.75, 3.05) is 11.9 Å². The topological polar surface area (TPSA) is 97.3 Å². The summed E-state index contributed by atoms with van der Waals surface area (Å²) in [5.41, 5.74) is 3.62. The lowest BCUT2D eigenvalue weighted by Crippen LogP contribution is -2.39. The van der Waals surface area contributed by atoms with Gasteiger partial charge in [-0.3, -0.25) is 14.9 Å². The monoisotopic (exact) mass is 503 g/mol. The average molecular weight is 504 g/mol. The van der Waals surface area contributed by atoms with Crippen LogP contribution < -0.4 is 5.32 Å². The second-order valence-electron chi connectivity index (χ2n) is 9.27. The second kappa shape index (κ2) is 9.28. The highest BCUT2D eigenvalue weighted by molar-refractivity contribution is 6.10. The number of non-ortho nitro benzene ring substituents is 1. The first-order chi connectivity index (χ1) is 18.5. The van der Waals surface area contributed by atoms with Crippen LogP contribution in [0.15, 0.2) is 103 Å². The van der Waals surface area contributed by atoms with Crippen molar-refractivity contribution in [1.29, 1.82) is 0 Å². The van der Waals surface area contributed by atoms with Gasteiger partial charge < -0.3 is 15.0 Å². The molecule has 1 unspecified atom stereocenters. The molecule has 7 heteroatoms. The number of hydrogen-bond donors (Lipinski definition) is 2. The van der Waals surface area contributed by atoms with Crippen molar-refractivity contribution < 1.29 is 14.5 Å². The third-order valence-corrected chi connectivity index (χ3v) is 7.16. The summed E-state index contributed by atoms with van der Waals surface area (Å²) < 4.78 is 6.42. The van der Waals surface area contributed by atoms with Crippen molar-refractivity contribution in [3.63, 3.8) is 0 Å². The van der Waals surface area contributed by atoms with Gasteiger partial charge in [0, 0.05) is 58.1 Å². The SMILES string of the molecule is CCOC1(c2c(C(c3ccccc3)c3ccccc3)[nH]c3ccccc23)C(=O)Nc2ccc([N+](=O)[O-])cc21. The molecular weight excluding hydrogens is 478 g/mol. The fourth-order valence-electron chi connectivity index (χ4n) is 5.63. The summed E-state index contributed by atoms with van der Waals surface area (Å²) in [6.07, 6.45) is 0. The molecule has 2 heterocycles. The number of carbonyl (C=O) groups is 1. The first-order valence-electron chi connectivity index (χ1n) is 12.5. The summed E-state index contributed by atoms with van der Waals surface area (Å²) in [7, 11) is 0. The number of nitro groups is 1. The third-order valence-electron chi connectivity index (χ3n) is 7.16. The summed E-state index contributed by atoms with van der Waals surface area (Å²) in [5.74, 6) is -0.631. The summed E-state index contributed by atoms with van der Waals surface area (Å²) in [4.78, 5) is 28.9. The molecular formula is C31H25N3O4. The summed E-state index contributed by atoms with van der Waals surface area (Å²) in [6.45, 7) is 2.04. The molecule has 1 amide bonds. The highest BCUT2D eigenvalue weighted by atomic mass is 16.6. The molecule has 0 saturated carbocycles. The molecule has 0 spiro atoms. The Morgan fingerprint density at radius 1 is 0.895 bits per heavy atom. The number of fused-ring (bicyclic) bond motifs is 2. The van der Waals surface area contributed by atoms with E-state index < -0.39 is 10.5 Å². The van der Waals surface area contributed by atoms with Gasteiger partial charge in [-0.05, 0) is 30.2 Å². The fourth-order valence-corrected chi connectivity index (χ4v) is 5.63. The van der Waals surface area contributed by atoms with Gasteiger partial charge in [0.1, 0.15) is 0 Å². The first kappa shape index (κ1) is 23.6. The van der Waals surface area contributed by atoms with E-state index in [4.69, 9.17) is 4.74 Å². The molecule has 38 heavy (non-hydrogen) atoms. The summed E-state index contributed by atoms with van der Waals surface area (Å²) in [5, 5.41) is 15.5. The fraction of sp³-hybridized carbons (Fsp3) is 0.129. The van der Waals surface area contributed by atoms with E-state index >= 15 is 0 Å². The van der Waals surface area contributed by atoms with Crippen molar-refractivity contribution in [1.82, 2.24) is 4.98 Å². The van der Waals surface area contributed by atoms with E-state index in [2.05, 4.69) is 34.6 Å². The van der Waals surface area contributed by atoms with Crippen LogP contribution in [0.3, 0.4) is 0 Å². The number of benzene rings is 4. The van der Waals surface area contributed by atoms with Gasteiger partial charge in [-0.1, -0.05) is 78.9 Å². The van der Waals surface area contributed by atoms with Crippen molar-refractivity contribution >= 4 is 28.2 Å². The van der Waals surface area contributed by atoms with Crippen LogP contribution in [0.2, 0.25) is 0 Å². The maximum absolute atomic E-state index is 14.0. The average Bonchev–Trinajstić information content (AvgIpc) is 3.45. The number of carbonyl (C=O) groups excluding carboxylic acids is 1. The molecule has 1 aliphatic rings. The highest BCUT2D eigenvalue weighted by Crippen LogP contribution is 2.51. The molecule has 1 atom stereocenters. The molecule has 5 aromatic rings. The van der Waals surface area contributed by atoms with Gasteiger partial charge in [-0.25, -0.2) is 0 Å². The number of nitrogens with zero attached hydrogens (tertiary/aromatic N) is 1. The quantitative estimate of drug-likeness (QED) is 0.196. The molecule has 188 valence electrons. The lowest BCUT2D eigenvalue weighted by atomic mass is 9.79. The zero-order valence-electron chi connectivity index (χ0n) is 20.7. The number of nitrogens with one attached hydrogen (secondary N) is 2. The minimum absolute atomic E-state index is 0.103. The standard InChI is InChI=1S/C31H25N3O4/c1-2-38-31(24-19-22(34(36)37)17-18-26(24)33-30(31)35)28-23-15-9-10-16-25(23)32-29(28)27(20-11-5-3-6-12-20)21-13-7-4-8-14-21/h3-19,27,32H,2H2,1H3,(H,33,35). The Hall–Kier alpha value is -4.75. The van der Waals surface area contributed by atoms with Crippen LogP contribution >= 0.6 is 0 Å². The predicted molar refractivity (Wildman–Crippen MR) is 146 cm³/mol. The van der Waals surface area contributed by atoms with Gasteiger partial charge in [0.15, 0.2) is 0 Å². The van der Waals surface area contributed by atoms with Gasteiger partial charge in [0.2, 0.25) is 5.60 Å². The van der Waals surface area contributed by atoms with Crippen LogP contribution in [-0.2, 0) is 15.1 Å². The van der Waals surface area contributed by atoms with Crippen molar-refractivity contribution in [3.05, 3.63) is 141 Å². The van der Waals surface area contributed by atoms with E-state index in [0.717, 1.165) is 27.7 Å². The Kier molecular flexibility index (Phi) is 5.77. The molecule has 2 N–H and O–H groups in total. The van der Waals surface area contributed by atoms with E-state index in [1.54, 1.807) is 6.07 Å². The zero-order valence-corrected chi connectivity index (χ0v) is 20.7. The molecule has 0 saturated heterocycles. The number of rotatable bonds is 7. The second-order valence-corrected chi connectivity index (χ2v) is 9.27. The Morgan fingerprint density at radius 2 is 1.53 bits per heavy atom. The maximum atomic E-state index is 14.0. The lowest BCUT2D eigenvalue weighted by molar-refractivity contribution is -0.385. The third kappa shape index (κ3) is 3.59. The van der Waals surface area contributed by atoms with Gasteiger partial charge >= 0.3 is 0 Å². The molecule has 4 aromatic carbocycles. The first-order valence-corrected chi connectivity index (χ1v) is 12.5. The molecule has 0 radical (unpaired) electrons. The lowest BCUT2D eigenvalue weighted by Gasteiger charge is -2.31.